The summed E-state index contributed by atoms with van der Waals surface area (Å²) >= 11 is 0. The molecule has 4 N–H and O–H groups in total. The average molecular weight is 283 g/mol. The summed E-state index contributed by atoms with van der Waals surface area (Å²) in [7, 11) is 0. The van der Waals surface area contributed by atoms with E-state index in [1.807, 2.05) is 13.8 Å². The SMILES string of the molecule is CCCNC(=O)CNc1cc(OCCC)c(F)cc1N. The molecule has 0 saturated carbocycles. The normalized spacial score (nSPS) is 10.2. The molecule has 112 valence electrons. The molecule has 0 heterocycles. The van der Waals surface area contributed by atoms with Gasteiger partial charge in [-0.1, -0.05) is 13.8 Å². The van der Waals surface area contributed by atoms with Crippen molar-refractivity contribution in [3.63, 3.8) is 0 Å². The number of rotatable bonds is 8. The second kappa shape index (κ2) is 8.24. The third-order valence-corrected chi connectivity index (χ3v) is 2.58. The second-order valence-corrected chi connectivity index (χ2v) is 4.42. The highest BCUT2D eigenvalue weighted by Crippen LogP contribution is 2.28. The first-order valence-corrected chi connectivity index (χ1v) is 6.80. The maximum absolute atomic E-state index is 13.6. The number of nitrogens with two attached hydrogens (primary N) is 1. The van der Waals surface area contributed by atoms with Crippen molar-refractivity contribution < 1.29 is 13.9 Å². The Morgan fingerprint density at radius 2 is 2.10 bits per heavy atom. The van der Waals surface area contributed by atoms with Crippen LogP contribution in [0.2, 0.25) is 0 Å². The molecule has 0 aromatic heterocycles. The Hall–Kier alpha value is -1.98. The monoisotopic (exact) mass is 283 g/mol. The molecule has 0 aliphatic heterocycles. The molecule has 1 amide bonds. The molecule has 0 atom stereocenters. The fourth-order valence-corrected chi connectivity index (χ4v) is 1.55. The van der Waals surface area contributed by atoms with Gasteiger partial charge in [0, 0.05) is 18.7 Å². The first kappa shape index (κ1) is 16.1. The van der Waals surface area contributed by atoms with Gasteiger partial charge in [-0.15, -0.1) is 0 Å². The van der Waals surface area contributed by atoms with E-state index in [1.54, 1.807) is 0 Å². The molecule has 5 nitrogen and oxygen atoms in total. The molecule has 0 spiro atoms. The number of carbonyl (C=O) groups excluding carboxylic acids is 1. The van der Waals surface area contributed by atoms with Gasteiger partial charge >= 0.3 is 0 Å². The van der Waals surface area contributed by atoms with Gasteiger partial charge in [0.2, 0.25) is 5.91 Å². The minimum absolute atomic E-state index is 0.0864. The van der Waals surface area contributed by atoms with Crippen LogP contribution in [-0.2, 0) is 4.79 Å². The number of hydrogen-bond acceptors (Lipinski definition) is 4. The lowest BCUT2D eigenvalue weighted by Crippen LogP contribution is -2.30. The van der Waals surface area contributed by atoms with Gasteiger partial charge in [-0.3, -0.25) is 4.79 Å². The van der Waals surface area contributed by atoms with Gasteiger partial charge in [0.1, 0.15) is 0 Å². The van der Waals surface area contributed by atoms with E-state index in [4.69, 9.17) is 10.5 Å². The number of nitrogen functional groups attached to an aromatic ring is 1. The van der Waals surface area contributed by atoms with E-state index >= 15 is 0 Å². The molecule has 0 fully saturated rings. The predicted octanol–water partition coefficient (Wildman–Crippen LogP) is 2.13. The molecule has 1 rings (SSSR count). The highest BCUT2D eigenvalue weighted by atomic mass is 19.1. The molecule has 1 aromatic carbocycles. The molecule has 0 saturated heterocycles. The summed E-state index contributed by atoms with van der Waals surface area (Å²) in [6, 6.07) is 2.67. The van der Waals surface area contributed by atoms with Crippen LogP contribution in [0, 0.1) is 5.82 Å². The van der Waals surface area contributed by atoms with E-state index in [2.05, 4.69) is 10.6 Å². The first-order valence-electron chi connectivity index (χ1n) is 6.80. The number of nitrogens with one attached hydrogen (secondary N) is 2. The van der Waals surface area contributed by atoms with Crippen molar-refractivity contribution in [1.29, 1.82) is 0 Å². The van der Waals surface area contributed by atoms with Crippen LogP contribution in [-0.4, -0.2) is 25.6 Å². The van der Waals surface area contributed by atoms with E-state index in [9.17, 15) is 9.18 Å². The minimum Gasteiger partial charge on any atom is -0.490 e. The Morgan fingerprint density at radius 3 is 2.75 bits per heavy atom. The second-order valence-electron chi connectivity index (χ2n) is 4.42. The predicted molar refractivity (Wildman–Crippen MR) is 78.4 cm³/mol. The summed E-state index contributed by atoms with van der Waals surface area (Å²) in [5.74, 6) is -0.499. The average Bonchev–Trinajstić information content (AvgIpc) is 2.43. The summed E-state index contributed by atoms with van der Waals surface area (Å²) in [4.78, 5) is 11.5. The van der Waals surface area contributed by atoms with Crippen molar-refractivity contribution in [3.8, 4) is 5.75 Å². The van der Waals surface area contributed by atoms with Gasteiger partial charge in [-0.25, -0.2) is 4.39 Å². The molecular weight excluding hydrogens is 261 g/mol. The zero-order valence-corrected chi connectivity index (χ0v) is 12.0. The van der Waals surface area contributed by atoms with Gasteiger partial charge in [0.15, 0.2) is 11.6 Å². The molecule has 0 bridgehead atoms. The van der Waals surface area contributed by atoms with Crippen molar-refractivity contribution in [1.82, 2.24) is 5.32 Å². The van der Waals surface area contributed by atoms with Crippen LogP contribution in [0.5, 0.6) is 5.75 Å². The maximum Gasteiger partial charge on any atom is 0.239 e. The zero-order valence-electron chi connectivity index (χ0n) is 12.0. The van der Waals surface area contributed by atoms with Gasteiger partial charge in [-0.2, -0.15) is 0 Å². The topological polar surface area (TPSA) is 76.4 Å². The lowest BCUT2D eigenvalue weighted by Gasteiger charge is -2.13. The quantitative estimate of drug-likeness (QED) is 0.639. The van der Waals surface area contributed by atoms with Crippen LogP contribution in [0.25, 0.3) is 0 Å². The van der Waals surface area contributed by atoms with E-state index in [0.29, 0.717) is 18.8 Å². The first-order chi connectivity index (χ1) is 9.58. The number of anilines is 2. The van der Waals surface area contributed by atoms with Gasteiger partial charge < -0.3 is 21.1 Å². The smallest absolute Gasteiger partial charge is 0.239 e. The zero-order chi connectivity index (χ0) is 15.0. The number of ether oxygens (including phenoxy) is 1. The standard InChI is InChI=1S/C14H22FN3O2/c1-3-5-17-14(19)9-18-12-8-13(20-6-4-2)10(15)7-11(12)16/h7-8,18H,3-6,9,16H2,1-2H3,(H,17,19). The Balaban J connectivity index is 2.66. The fraction of sp³-hybridized carbons (Fsp3) is 0.500. The summed E-state index contributed by atoms with van der Waals surface area (Å²) in [6.07, 6.45) is 1.66. The van der Waals surface area contributed by atoms with Crippen molar-refractivity contribution in [2.45, 2.75) is 26.7 Å². The van der Waals surface area contributed by atoms with Gasteiger partial charge in [0.25, 0.3) is 0 Å². The Kier molecular flexibility index (Phi) is 6.63. The number of halogens is 1. The van der Waals surface area contributed by atoms with Crippen LogP contribution in [0.1, 0.15) is 26.7 Å². The molecule has 0 aliphatic carbocycles. The third-order valence-electron chi connectivity index (χ3n) is 2.58. The largest absolute Gasteiger partial charge is 0.490 e. The highest BCUT2D eigenvalue weighted by molar-refractivity contribution is 5.82. The van der Waals surface area contributed by atoms with Gasteiger partial charge in [0.05, 0.1) is 24.5 Å². The molecular formula is C14H22FN3O2. The van der Waals surface area contributed by atoms with E-state index < -0.39 is 5.82 Å². The minimum atomic E-state index is -0.503. The van der Waals surface area contributed by atoms with Crippen LogP contribution < -0.4 is 21.1 Å². The Morgan fingerprint density at radius 1 is 1.35 bits per heavy atom. The van der Waals surface area contributed by atoms with E-state index in [1.165, 1.54) is 12.1 Å². The van der Waals surface area contributed by atoms with Crippen molar-refractivity contribution in [2.75, 3.05) is 30.7 Å². The van der Waals surface area contributed by atoms with Crippen LogP contribution in [0.3, 0.4) is 0 Å². The molecule has 6 heteroatoms. The third kappa shape index (κ3) is 4.95. The molecule has 0 radical (unpaired) electrons. The molecule has 0 unspecified atom stereocenters. The van der Waals surface area contributed by atoms with Gasteiger partial charge in [-0.05, 0) is 12.8 Å². The Bertz CT molecular complexity index is 452. The highest BCUT2D eigenvalue weighted by Gasteiger charge is 2.10. The number of benzene rings is 1. The van der Waals surface area contributed by atoms with Crippen LogP contribution >= 0.6 is 0 Å². The lowest BCUT2D eigenvalue weighted by molar-refractivity contribution is -0.119. The number of amides is 1. The summed E-state index contributed by atoms with van der Waals surface area (Å²) in [5.41, 5.74) is 6.45. The van der Waals surface area contributed by atoms with Crippen LogP contribution in [0.4, 0.5) is 15.8 Å². The number of hydrogen-bond donors (Lipinski definition) is 3. The van der Waals surface area contributed by atoms with Crippen molar-refractivity contribution in [3.05, 3.63) is 17.9 Å². The number of carbonyl (C=O) groups is 1. The van der Waals surface area contributed by atoms with Crippen LogP contribution in [0.15, 0.2) is 12.1 Å². The molecule has 0 aliphatic rings. The summed E-state index contributed by atoms with van der Waals surface area (Å²) in [5, 5.41) is 5.62. The van der Waals surface area contributed by atoms with E-state index in [0.717, 1.165) is 12.8 Å². The molecule has 20 heavy (non-hydrogen) atoms. The fourth-order valence-electron chi connectivity index (χ4n) is 1.55. The summed E-state index contributed by atoms with van der Waals surface area (Å²) < 4.78 is 18.9. The summed E-state index contributed by atoms with van der Waals surface area (Å²) in [6.45, 7) is 5.06. The van der Waals surface area contributed by atoms with Crippen molar-refractivity contribution in [2.24, 2.45) is 0 Å². The lowest BCUT2D eigenvalue weighted by atomic mass is 10.2. The van der Waals surface area contributed by atoms with Crippen molar-refractivity contribution >= 4 is 17.3 Å². The molecule has 1 aromatic rings. The maximum atomic E-state index is 13.6. The Labute approximate surface area is 118 Å². The van der Waals surface area contributed by atoms with E-state index in [-0.39, 0.29) is 23.9 Å².